The number of nitrogens with zero attached hydrogens (tertiary/aromatic N) is 1. The zero-order valence-corrected chi connectivity index (χ0v) is 25.8. The van der Waals surface area contributed by atoms with Crippen LogP contribution >= 0.6 is 11.6 Å². The lowest BCUT2D eigenvalue weighted by molar-refractivity contribution is -0.203. The molecule has 1 aromatic carbocycles. The van der Waals surface area contributed by atoms with Gasteiger partial charge in [-0.2, -0.15) is 0 Å². The summed E-state index contributed by atoms with van der Waals surface area (Å²) in [6, 6.07) is 9.66. The second-order valence-electron chi connectivity index (χ2n) is 11.0. The molecular weight excluding hydrogens is 554 g/mol. The SMILES string of the molecule is CC(C)C[C@@H](C(=O)NN(CC(C)C)S(=O)(=O)CCCCl)[C@H](CC=Cc1ccccc1)C(=O)NOC1CCCCO1. The second-order valence-corrected chi connectivity index (χ2v) is 13.4. The van der Waals surface area contributed by atoms with Gasteiger partial charge in [0.15, 0.2) is 6.29 Å². The minimum atomic E-state index is -3.80. The van der Waals surface area contributed by atoms with E-state index >= 15 is 0 Å². The van der Waals surface area contributed by atoms with Crippen molar-refractivity contribution in [2.45, 2.75) is 72.5 Å². The number of hydrazine groups is 1. The van der Waals surface area contributed by atoms with Gasteiger partial charge in [-0.25, -0.2) is 18.7 Å². The number of carbonyl (C=O) groups is 2. The van der Waals surface area contributed by atoms with Gasteiger partial charge in [0, 0.05) is 25.5 Å². The van der Waals surface area contributed by atoms with E-state index < -0.39 is 40.0 Å². The van der Waals surface area contributed by atoms with E-state index in [2.05, 4.69) is 10.9 Å². The number of sulfonamides is 1. The largest absolute Gasteiger partial charge is 0.350 e. The molecule has 1 unspecified atom stereocenters. The number of rotatable bonds is 17. The van der Waals surface area contributed by atoms with Crippen molar-refractivity contribution in [2.75, 3.05) is 24.8 Å². The van der Waals surface area contributed by atoms with Gasteiger partial charge in [-0.05, 0) is 49.5 Å². The highest BCUT2D eigenvalue weighted by Crippen LogP contribution is 2.26. The van der Waals surface area contributed by atoms with Gasteiger partial charge in [0.05, 0.1) is 17.6 Å². The molecule has 226 valence electrons. The monoisotopic (exact) mass is 599 g/mol. The molecule has 0 saturated carbocycles. The summed E-state index contributed by atoms with van der Waals surface area (Å²) in [5, 5.41) is 0. The Labute approximate surface area is 245 Å². The summed E-state index contributed by atoms with van der Waals surface area (Å²) in [7, 11) is -3.80. The minimum absolute atomic E-state index is 0.0357. The van der Waals surface area contributed by atoms with Gasteiger partial charge in [-0.15, -0.1) is 16.0 Å². The van der Waals surface area contributed by atoms with E-state index in [0.717, 1.165) is 22.8 Å². The number of halogens is 1. The van der Waals surface area contributed by atoms with Crippen molar-refractivity contribution in [3.63, 3.8) is 0 Å². The molecule has 0 radical (unpaired) electrons. The predicted molar refractivity (Wildman–Crippen MR) is 158 cm³/mol. The van der Waals surface area contributed by atoms with E-state index in [1.165, 1.54) is 0 Å². The van der Waals surface area contributed by atoms with E-state index in [0.29, 0.717) is 19.4 Å². The summed E-state index contributed by atoms with van der Waals surface area (Å²) in [5.74, 6) is -2.55. The molecular formula is C29H46ClN3O6S. The Hall–Kier alpha value is -1.98. The normalized spacial score (nSPS) is 17.9. The number of hydrogen-bond donors (Lipinski definition) is 2. The van der Waals surface area contributed by atoms with E-state index in [-0.39, 0.29) is 42.9 Å². The summed E-state index contributed by atoms with van der Waals surface area (Å²) in [4.78, 5) is 32.8. The van der Waals surface area contributed by atoms with Crippen LogP contribution in [0.4, 0.5) is 0 Å². The quantitative estimate of drug-likeness (QED) is 0.195. The third-order valence-electron chi connectivity index (χ3n) is 6.45. The van der Waals surface area contributed by atoms with E-state index in [1.807, 2.05) is 70.2 Å². The first-order valence-corrected chi connectivity index (χ1v) is 16.3. The topological polar surface area (TPSA) is 114 Å². The number of hydroxylamine groups is 1. The second kappa shape index (κ2) is 17.7. The molecule has 2 amide bonds. The lowest BCUT2D eigenvalue weighted by Gasteiger charge is -2.31. The van der Waals surface area contributed by atoms with Crippen LogP contribution in [0.25, 0.3) is 6.08 Å². The maximum Gasteiger partial charge on any atom is 0.247 e. The van der Waals surface area contributed by atoms with Crippen LogP contribution in [0.3, 0.4) is 0 Å². The Morgan fingerprint density at radius 1 is 1.10 bits per heavy atom. The molecule has 0 spiro atoms. The molecule has 0 aromatic heterocycles. The number of allylic oxidation sites excluding steroid dienone is 1. The fraction of sp³-hybridized carbons (Fsp3) is 0.655. The molecule has 3 atom stereocenters. The zero-order chi connectivity index (χ0) is 29.5. The van der Waals surface area contributed by atoms with Gasteiger partial charge in [-0.1, -0.05) is 70.2 Å². The van der Waals surface area contributed by atoms with Crippen molar-refractivity contribution in [2.24, 2.45) is 23.7 Å². The van der Waals surface area contributed by atoms with Crippen LogP contribution < -0.4 is 10.9 Å². The number of carbonyl (C=O) groups excluding carboxylic acids is 2. The number of alkyl halides is 1. The molecule has 11 heteroatoms. The molecule has 0 aliphatic carbocycles. The summed E-state index contributed by atoms with van der Waals surface area (Å²) < 4.78 is 32.7. The average molecular weight is 600 g/mol. The van der Waals surface area contributed by atoms with Crippen LogP contribution in [0.15, 0.2) is 36.4 Å². The van der Waals surface area contributed by atoms with Crippen LogP contribution in [-0.2, 0) is 29.2 Å². The molecule has 1 aliphatic heterocycles. The van der Waals surface area contributed by atoms with Gasteiger partial charge < -0.3 is 4.74 Å². The molecule has 0 bridgehead atoms. The summed E-state index contributed by atoms with van der Waals surface area (Å²) >= 11 is 5.74. The predicted octanol–water partition coefficient (Wildman–Crippen LogP) is 4.89. The first-order chi connectivity index (χ1) is 19.0. The van der Waals surface area contributed by atoms with Gasteiger partial charge >= 0.3 is 0 Å². The molecule has 2 rings (SSSR count). The fourth-order valence-electron chi connectivity index (χ4n) is 4.45. The van der Waals surface area contributed by atoms with Crippen molar-refractivity contribution in [1.82, 2.24) is 15.3 Å². The average Bonchev–Trinajstić information content (AvgIpc) is 2.92. The van der Waals surface area contributed by atoms with Crippen molar-refractivity contribution in [3.05, 3.63) is 42.0 Å². The van der Waals surface area contributed by atoms with Gasteiger partial charge in [0.2, 0.25) is 21.8 Å². The van der Waals surface area contributed by atoms with Crippen molar-refractivity contribution < 1.29 is 27.6 Å². The molecule has 1 aromatic rings. The molecule has 2 N–H and O–H groups in total. The van der Waals surface area contributed by atoms with Crippen molar-refractivity contribution in [1.29, 1.82) is 0 Å². The van der Waals surface area contributed by atoms with Crippen LogP contribution in [0.2, 0.25) is 0 Å². The lowest BCUT2D eigenvalue weighted by Crippen LogP contribution is -2.53. The summed E-state index contributed by atoms with van der Waals surface area (Å²) in [5.41, 5.74) is 6.14. The van der Waals surface area contributed by atoms with E-state index in [9.17, 15) is 18.0 Å². The maximum absolute atomic E-state index is 13.8. The molecule has 1 fully saturated rings. The van der Waals surface area contributed by atoms with E-state index in [4.69, 9.17) is 21.2 Å². The molecule has 1 heterocycles. The molecule has 40 heavy (non-hydrogen) atoms. The highest BCUT2D eigenvalue weighted by Gasteiger charge is 2.36. The smallest absolute Gasteiger partial charge is 0.247 e. The fourth-order valence-corrected chi connectivity index (χ4v) is 6.22. The Balaban J connectivity index is 2.31. The molecule has 9 nitrogen and oxygen atoms in total. The number of amides is 2. The number of benzene rings is 1. The minimum Gasteiger partial charge on any atom is -0.350 e. The summed E-state index contributed by atoms with van der Waals surface area (Å²) in [6.45, 7) is 8.34. The van der Waals surface area contributed by atoms with Crippen LogP contribution in [0, 0.1) is 23.7 Å². The number of ether oxygens (including phenoxy) is 1. The highest BCUT2D eigenvalue weighted by atomic mass is 35.5. The number of hydrogen-bond acceptors (Lipinski definition) is 6. The molecule has 1 aliphatic rings. The van der Waals surface area contributed by atoms with Gasteiger partial charge in [0.1, 0.15) is 0 Å². The Kier molecular flexibility index (Phi) is 15.2. The zero-order valence-electron chi connectivity index (χ0n) is 24.2. The van der Waals surface area contributed by atoms with Gasteiger partial charge in [0.25, 0.3) is 0 Å². The third kappa shape index (κ3) is 12.3. The third-order valence-corrected chi connectivity index (χ3v) is 8.43. The summed E-state index contributed by atoms with van der Waals surface area (Å²) in [6.07, 6.45) is 6.66. The first-order valence-electron chi connectivity index (χ1n) is 14.2. The number of nitrogens with one attached hydrogen (secondary N) is 2. The lowest BCUT2D eigenvalue weighted by atomic mass is 9.82. The van der Waals surface area contributed by atoms with Crippen molar-refractivity contribution >= 4 is 39.5 Å². The van der Waals surface area contributed by atoms with Crippen LogP contribution in [-0.4, -0.2) is 55.7 Å². The Morgan fingerprint density at radius 3 is 2.42 bits per heavy atom. The standard InChI is InChI=1S/C29H46ClN3O6S/c1-22(2)20-26(28(34)31-33(21-23(3)4)40(36,37)19-11-17-30)25(15-10-14-24-12-6-5-7-13-24)29(35)32-39-27-16-8-9-18-38-27/h5-7,10,12-14,22-23,25-27H,8-9,11,15-21H2,1-4H3,(H,31,34)(H,32,35)/t25-,26+,27?/m0/s1. The van der Waals surface area contributed by atoms with Gasteiger partial charge in [-0.3, -0.25) is 15.0 Å². The van der Waals surface area contributed by atoms with Crippen LogP contribution in [0.1, 0.15) is 71.8 Å². The Morgan fingerprint density at radius 2 is 1.82 bits per heavy atom. The van der Waals surface area contributed by atoms with E-state index in [1.54, 1.807) is 0 Å². The highest BCUT2D eigenvalue weighted by molar-refractivity contribution is 7.89. The van der Waals surface area contributed by atoms with Crippen LogP contribution in [0.5, 0.6) is 0 Å². The Bertz CT molecular complexity index is 1030. The van der Waals surface area contributed by atoms with Crippen molar-refractivity contribution in [3.8, 4) is 0 Å². The first kappa shape index (κ1) is 34.2. The maximum atomic E-state index is 13.8. The molecule has 1 saturated heterocycles.